The Labute approximate surface area is 139 Å². The lowest BCUT2D eigenvalue weighted by Crippen LogP contribution is -2.34. The van der Waals surface area contributed by atoms with Crippen LogP contribution in [0.2, 0.25) is 0 Å². The fourth-order valence-corrected chi connectivity index (χ4v) is 2.99. The predicted octanol–water partition coefficient (Wildman–Crippen LogP) is 3.85. The quantitative estimate of drug-likeness (QED) is 0.854. The van der Waals surface area contributed by atoms with E-state index in [1.165, 1.54) is 13.3 Å². The number of benzene rings is 1. The molecule has 1 aromatic heterocycles. The summed E-state index contributed by atoms with van der Waals surface area (Å²) in [5.74, 6) is -4.42. The van der Waals surface area contributed by atoms with E-state index in [-0.39, 0.29) is 23.7 Å². The Morgan fingerprint density at radius 2 is 2.04 bits per heavy atom. The third-order valence-electron chi connectivity index (χ3n) is 4.16. The molecular weight excluding hydrogens is 314 g/mol. The highest BCUT2D eigenvalue weighted by molar-refractivity contribution is 6.06. The molecule has 0 saturated carbocycles. The first-order valence-corrected chi connectivity index (χ1v) is 7.68. The van der Waals surface area contributed by atoms with Crippen molar-refractivity contribution in [3.63, 3.8) is 0 Å². The number of halogens is 2. The van der Waals surface area contributed by atoms with E-state index >= 15 is 0 Å². The van der Waals surface area contributed by atoms with Crippen LogP contribution in [0.25, 0.3) is 0 Å². The van der Waals surface area contributed by atoms with Crippen LogP contribution >= 0.6 is 0 Å². The summed E-state index contributed by atoms with van der Waals surface area (Å²) in [4.78, 5) is 17.5. The van der Waals surface area contributed by atoms with Crippen LogP contribution in [0.1, 0.15) is 36.5 Å². The van der Waals surface area contributed by atoms with Gasteiger partial charge in [-0.05, 0) is 29.2 Å². The molecule has 0 fully saturated rings. The molecular formula is C18H18F2N2O2. The van der Waals surface area contributed by atoms with Crippen molar-refractivity contribution in [3.8, 4) is 5.88 Å². The number of fused-ring (bicyclic) bond motifs is 1. The number of hydrogen-bond donors (Lipinski definition) is 0. The van der Waals surface area contributed by atoms with E-state index in [4.69, 9.17) is 4.74 Å². The van der Waals surface area contributed by atoms with E-state index < -0.39 is 11.8 Å². The van der Waals surface area contributed by atoms with Gasteiger partial charge in [0.05, 0.1) is 24.9 Å². The fourth-order valence-electron chi connectivity index (χ4n) is 2.99. The normalized spacial score (nSPS) is 15.8. The number of methoxy groups -OCH3 is 1. The second-order valence-electron chi connectivity index (χ2n) is 6.07. The van der Waals surface area contributed by atoms with Gasteiger partial charge >= 0.3 is 11.8 Å². The van der Waals surface area contributed by atoms with Gasteiger partial charge in [-0.1, -0.05) is 26.0 Å². The molecule has 1 amide bonds. The Balaban J connectivity index is 2.05. The lowest BCUT2D eigenvalue weighted by atomic mass is 9.94. The lowest BCUT2D eigenvalue weighted by Gasteiger charge is -2.18. The van der Waals surface area contributed by atoms with Gasteiger partial charge in [-0.25, -0.2) is 4.98 Å². The topological polar surface area (TPSA) is 42.4 Å². The van der Waals surface area contributed by atoms with E-state index in [9.17, 15) is 13.6 Å². The number of nitrogens with zero attached hydrogens (tertiary/aromatic N) is 2. The van der Waals surface area contributed by atoms with Crippen LogP contribution < -0.4 is 9.64 Å². The van der Waals surface area contributed by atoms with Gasteiger partial charge in [-0.3, -0.25) is 4.79 Å². The SMILES string of the molecule is COc1cc(CN2C(=O)C(F)(F)c3c(C(C)C)cccc32)ccn1. The molecule has 24 heavy (non-hydrogen) atoms. The summed E-state index contributed by atoms with van der Waals surface area (Å²) in [5, 5.41) is 0. The van der Waals surface area contributed by atoms with Crippen molar-refractivity contribution in [1.82, 2.24) is 4.98 Å². The first-order chi connectivity index (χ1) is 11.4. The van der Waals surface area contributed by atoms with Crippen molar-refractivity contribution in [2.45, 2.75) is 32.2 Å². The summed E-state index contributed by atoms with van der Waals surface area (Å²) in [6.45, 7) is 3.72. The minimum Gasteiger partial charge on any atom is -0.481 e. The zero-order chi connectivity index (χ0) is 17.5. The van der Waals surface area contributed by atoms with E-state index in [1.807, 2.05) is 13.8 Å². The average Bonchev–Trinajstić information content (AvgIpc) is 2.76. The highest BCUT2D eigenvalue weighted by Gasteiger charge is 2.54. The van der Waals surface area contributed by atoms with E-state index in [2.05, 4.69) is 4.98 Å². The minimum atomic E-state index is -3.51. The molecule has 0 radical (unpaired) electrons. The Kier molecular flexibility index (Phi) is 3.99. The van der Waals surface area contributed by atoms with Crippen LogP contribution in [-0.2, 0) is 17.3 Å². The molecule has 0 bridgehead atoms. The number of ether oxygens (including phenoxy) is 1. The molecule has 126 valence electrons. The first-order valence-electron chi connectivity index (χ1n) is 7.68. The lowest BCUT2D eigenvalue weighted by molar-refractivity contribution is -0.141. The van der Waals surface area contributed by atoms with Crippen LogP contribution in [-0.4, -0.2) is 18.0 Å². The first kappa shape index (κ1) is 16.4. The van der Waals surface area contributed by atoms with E-state index in [0.29, 0.717) is 17.0 Å². The Morgan fingerprint density at radius 1 is 1.29 bits per heavy atom. The molecule has 2 heterocycles. The second-order valence-corrected chi connectivity index (χ2v) is 6.07. The largest absolute Gasteiger partial charge is 0.481 e. The smallest absolute Gasteiger partial charge is 0.352 e. The number of carbonyl (C=O) groups excluding carboxylic acids is 1. The maximum atomic E-state index is 14.6. The van der Waals surface area contributed by atoms with Crippen LogP contribution in [0.4, 0.5) is 14.5 Å². The van der Waals surface area contributed by atoms with Gasteiger partial charge in [0.25, 0.3) is 0 Å². The van der Waals surface area contributed by atoms with E-state index in [1.54, 1.807) is 30.3 Å². The van der Waals surface area contributed by atoms with Crippen molar-refractivity contribution < 1.29 is 18.3 Å². The number of hydrogen-bond acceptors (Lipinski definition) is 3. The number of aromatic nitrogens is 1. The fraction of sp³-hybridized carbons (Fsp3) is 0.333. The molecule has 0 unspecified atom stereocenters. The van der Waals surface area contributed by atoms with Gasteiger partial charge in [-0.15, -0.1) is 0 Å². The van der Waals surface area contributed by atoms with Crippen LogP contribution in [0.15, 0.2) is 36.5 Å². The Bertz CT molecular complexity index is 790. The highest BCUT2D eigenvalue weighted by Crippen LogP contribution is 2.48. The number of anilines is 1. The van der Waals surface area contributed by atoms with Crippen LogP contribution in [0.3, 0.4) is 0 Å². The van der Waals surface area contributed by atoms with Crippen molar-refractivity contribution in [2.24, 2.45) is 0 Å². The number of carbonyl (C=O) groups is 1. The highest BCUT2D eigenvalue weighted by atomic mass is 19.3. The Hall–Kier alpha value is -2.50. The molecule has 3 rings (SSSR count). The van der Waals surface area contributed by atoms with Crippen LogP contribution in [0.5, 0.6) is 5.88 Å². The molecule has 4 nitrogen and oxygen atoms in total. The molecule has 1 aliphatic rings. The zero-order valence-electron chi connectivity index (χ0n) is 13.7. The molecule has 0 saturated heterocycles. The van der Waals surface area contributed by atoms with Gasteiger partial charge in [0.1, 0.15) is 0 Å². The summed E-state index contributed by atoms with van der Waals surface area (Å²) in [6, 6.07) is 8.25. The molecule has 0 N–H and O–H groups in total. The van der Waals surface area contributed by atoms with Gasteiger partial charge < -0.3 is 9.64 Å². The maximum Gasteiger partial charge on any atom is 0.352 e. The average molecular weight is 332 g/mol. The molecule has 0 spiro atoms. The molecule has 6 heteroatoms. The van der Waals surface area contributed by atoms with E-state index in [0.717, 1.165) is 4.90 Å². The third-order valence-corrected chi connectivity index (χ3v) is 4.16. The summed E-state index contributed by atoms with van der Waals surface area (Å²) < 4.78 is 34.3. The summed E-state index contributed by atoms with van der Waals surface area (Å²) >= 11 is 0. The molecule has 1 aliphatic heterocycles. The number of alkyl halides is 2. The standard InChI is InChI=1S/C18H18F2N2O2/c1-11(2)13-5-4-6-14-16(13)18(19,20)17(23)22(14)10-12-7-8-21-15(9-12)24-3/h4-9,11H,10H2,1-3H3. The third kappa shape index (κ3) is 2.52. The predicted molar refractivity (Wildman–Crippen MR) is 86.4 cm³/mol. The van der Waals surface area contributed by atoms with Gasteiger partial charge in [0.15, 0.2) is 0 Å². The van der Waals surface area contributed by atoms with Gasteiger partial charge in [-0.2, -0.15) is 8.78 Å². The monoisotopic (exact) mass is 332 g/mol. The molecule has 0 atom stereocenters. The zero-order valence-corrected chi connectivity index (χ0v) is 13.7. The van der Waals surface area contributed by atoms with Crippen molar-refractivity contribution in [1.29, 1.82) is 0 Å². The van der Waals surface area contributed by atoms with Crippen molar-refractivity contribution in [2.75, 3.05) is 12.0 Å². The van der Waals surface area contributed by atoms with Crippen molar-refractivity contribution >= 4 is 11.6 Å². The summed E-state index contributed by atoms with van der Waals surface area (Å²) in [5.41, 5.74) is 1.27. The number of amides is 1. The van der Waals surface area contributed by atoms with Gasteiger partial charge in [0, 0.05) is 12.3 Å². The van der Waals surface area contributed by atoms with Gasteiger partial charge in [0.2, 0.25) is 5.88 Å². The number of pyridine rings is 1. The maximum absolute atomic E-state index is 14.6. The van der Waals surface area contributed by atoms with Crippen molar-refractivity contribution in [3.05, 3.63) is 53.2 Å². The Morgan fingerprint density at radius 3 is 2.71 bits per heavy atom. The second kappa shape index (κ2) is 5.85. The van der Waals surface area contributed by atoms with Crippen LogP contribution in [0, 0.1) is 0 Å². The summed E-state index contributed by atoms with van der Waals surface area (Å²) in [6.07, 6.45) is 1.53. The number of rotatable bonds is 4. The molecule has 1 aromatic carbocycles. The molecule has 2 aromatic rings. The summed E-state index contributed by atoms with van der Waals surface area (Å²) in [7, 11) is 1.48. The molecule has 0 aliphatic carbocycles. The minimum absolute atomic E-state index is 0.0435.